The number of rotatable bonds is 6. The molecule has 0 spiro atoms. The molecule has 0 bridgehead atoms. The molecule has 1 aliphatic heterocycles. The third-order valence-corrected chi connectivity index (χ3v) is 6.29. The van der Waals surface area contributed by atoms with Gasteiger partial charge in [0.25, 0.3) is 0 Å². The SMILES string of the molecule is Cc1cc(C)cc(N(CC(=O)N2CCN(Cc3ccccc3)CC2)S(C)(=O)=O)c1. The molecule has 0 unspecified atom stereocenters. The van der Waals surface area contributed by atoms with Crippen molar-refractivity contribution < 1.29 is 13.2 Å². The number of anilines is 1. The summed E-state index contributed by atoms with van der Waals surface area (Å²) in [6.45, 7) is 7.31. The first-order chi connectivity index (χ1) is 13.7. The molecule has 1 saturated heterocycles. The van der Waals surface area contributed by atoms with E-state index in [0.717, 1.165) is 37.0 Å². The lowest BCUT2D eigenvalue weighted by molar-refractivity contribution is -0.131. The van der Waals surface area contributed by atoms with Crippen molar-refractivity contribution in [2.75, 3.05) is 43.3 Å². The molecule has 1 aliphatic rings. The first-order valence-electron chi connectivity index (χ1n) is 9.82. The van der Waals surface area contributed by atoms with Gasteiger partial charge in [0.05, 0.1) is 11.9 Å². The second kappa shape index (κ2) is 8.97. The van der Waals surface area contributed by atoms with Crippen LogP contribution in [-0.2, 0) is 21.4 Å². The molecule has 0 N–H and O–H groups in total. The maximum Gasteiger partial charge on any atom is 0.243 e. The second-order valence-corrected chi connectivity index (χ2v) is 9.66. The minimum atomic E-state index is -3.56. The van der Waals surface area contributed by atoms with E-state index in [1.807, 2.05) is 38.1 Å². The van der Waals surface area contributed by atoms with Gasteiger partial charge in [-0.05, 0) is 42.7 Å². The Morgan fingerprint density at radius 2 is 1.55 bits per heavy atom. The fourth-order valence-corrected chi connectivity index (χ4v) is 4.55. The molecule has 1 amide bonds. The third-order valence-electron chi connectivity index (χ3n) is 5.15. The largest absolute Gasteiger partial charge is 0.339 e. The van der Waals surface area contributed by atoms with Crippen molar-refractivity contribution in [3.8, 4) is 0 Å². The first kappa shape index (κ1) is 21.3. The third kappa shape index (κ3) is 5.81. The molecule has 1 heterocycles. The fraction of sp³-hybridized carbons (Fsp3) is 0.409. The number of aryl methyl sites for hydroxylation is 2. The summed E-state index contributed by atoms with van der Waals surface area (Å²) in [5.74, 6) is -0.158. The Hall–Kier alpha value is -2.38. The van der Waals surface area contributed by atoms with E-state index < -0.39 is 10.0 Å². The van der Waals surface area contributed by atoms with Gasteiger partial charge in [-0.3, -0.25) is 14.0 Å². The maximum absolute atomic E-state index is 12.9. The number of carbonyl (C=O) groups is 1. The highest BCUT2D eigenvalue weighted by atomic mass is 32.2. The minimum Gasteiger partial charge on any atom is -0.339 e. The molecule has 0 saturated carbocycles. The van der Waals surface area contributed by atoms with Crippen molar-refractivity contribution in [3.05, 3.63) is 65.2 Å². The van der Waals surface area contributed by atoms with E-state index in [4.69, 9.17) is 0 Å². The van der Waals surface area contributed by atoms with Crippen molar-refractivity contribution in [1.29, 1.82) is 0 Å². The van der Waals surface area contributed by atoms with Crippen LogP contribution in [0.15, 0.2) is 48.5 Å². The summed E-state index contributed by atoms with van der Waals surface area (Å²) in [6, 6.07) is 15.9. The van der Waals surface area contributed by atoms with Crippen LogP contribution in [0.25, 0.3) is 0 Å². The predicted molar refractivity (Wildman–Crippen MR) is 116 cm³/mol. The number of amides is 1. The molecule has 0 aliphatic carbocycles. The van der Waals surface area contributed by atoms with Gasteiger partial charge in [0, 0.05) is 32.7 Å². The molecule has 6 nitrogen and oxygen atoms in total. The van der Waals surface area contributed by atoms with Gasteiger partial charge < -0.3 is 4.90 Å². The van der Waals surface area contributed by atoms with E-state index in [0.29, 0.717) is 18.8 Å². The summed E-state index contributed by atoms with van der Waals surface area (Å²) in [4.78, 5) is 16.9. The van der Waals surface area contributed by atoms with Crippen LogP contribution in [0.1, 0.15) is 16.7 Å². The van der Waals surface area contributed by atoms with E-state index >= 15 is 0 Å². The first-order valence-corrected chi connectivity index (χ1v) is 11.7. The molecule has 3 rings (SSSR count). The van der Waals surface area contributed by atoms with Crippen molar-refractivity contribution in [1.82, 2.24) is 9.80 Å². The van der Waals surface area contributed by atoms with Gasteiger partial charge in [-0.25, -0.2) is 8.42 Å². The fourth-order valence-electron chi connectivity index (χ4n) is 3.71. The average Bonchev–Trinajstić information content (AvgIpc) is 2.65. The summed E-state index contributed by atoms with van der Waals surface area (Å²) < 4.78 is 26.0. The predicted octanol–water partition coefficient (Wildman–Crippen LogP) is 2.41. The Balaban J connectivity index is 1.63. The lowest BCUT2D eigenvalue weighted by Crippen LogP contribution is -2.51. The van der Waals surface area contributed by atoms with Gasteiger partial charge >= 0.3 is 0 Å². The molecule has 156 valence electrons. The van der Waals surface area contributed by atoms with Crippen LogP contribution < -0.4 is 4.31 Å². The van der Waals surface area contributed by atoms with Gasteiger partial charge in [-0.2, -0.15) is 0 Å². The second-order valence-electron chi connectivity index (χ2n) is 7.76. The number of sulfonamides is 1. The Kier molecular flexibility index (Phi) is 6.59. The van der Waals surface area contributed by atoms with E-state index in [-0.39, 0.29) is 12.5 Å². The van der Waals surface area contributed by atoms with E-state index in [1.165, 1.54) is 9.87 Å². The summed E-state index contributed by atoms with van der Waals surface area (Å²) in [7, 11) is -3.56. The number of hydrogen-bond donors (Lipinski definition) is 0. The molecule has 2 aromatic carbocycles. The number of carbonyl (C=O) groups excluding carboxylic acids is 1. The molecule has 0 atom stereocenters. The molecule has 2 aromatic rings. The monoisotopic (exact) mass is 415 g/mol. The van der Waals surface area contributed by atoms with Crippen molar-refractivity contribution >= 4 is 21.6 Å². The van der Waals surface area contributed by atoms with Crippen molar-refractivity contribution in [2.45, 2.75) is 20.4 Å². The van der Waals surface area contributed by atoms with Crippen LogP contribution in [0.5, 0.6) is 0 Å². The highest BCUT2D eigenvalue weighted by molar-refractivity contribution is 7.92. The summed E-state index contributed by atoms with van der Waals surface area (Å²) in [6.07, 6.45) is 1.15. The Morgan fingerprint density at radius 3 is 2.10 bits per heavy atom. The van der Waals surface area contributed by atoms with Crippen LogP contribution in [0.4, 0.5) is 5.69 Å². The Labute approximate surface area is 173 Å². The summed E-state index contributed by atoms with van der Waals surface area (Å²) >= 11 is 0. The lowest BCUT2D eigenvalue weighted by atomic mass is 10.1. The maximum atomic E-state index is 12.9. The van der Waals surface area contributed by atoms with E-state index in [9.17, 15) is 13.2 Å². The smallest absolute Gasteiger partial charge is 0.243 e. The zero-order valence-corrected chi connectivity index (χ0v) is 18.2. The van der Waals surface area contributed by atoms with Gasteiger partial charge in [0.1, 0.15) is 6.54 Å². The average molecular weight is 416 g/mol. The van der Waals surface area contributed by atoms with Gasteiger partial charge in [-0.15, -0.1) is 0 Å². The van der Waals surface area contributed by atoms with Crippen LogP contribution in [0, 0.1) is 13.8 Å². The topological polar surface area (TPSA) is 60.9 Å². The Morgan fingerprint density at radius 1 is 0.966 bits per heavy atom. The van der Waals surface area contributed by atoms with Crippen LogP contribution >= 0.6 is 0 Å². The minimum absolute atomic E-state index is 0.158. The molecular weight excluding hydrogens is 386 g/mol. The van der Waals surface area contributed by atoms with E-state index in [2.05, 4.69) is 17.0 Å². The molecule has 0 radical (unpaired) electrons. The quantitative estimate of drug-likeness (QED) is 0.727. The highest BCUT2D eigenvalue weighted by Gasteiger charge is 2.26. The standard InChI is InChI=1S/C22H29N3O3S/c1-18-13-19(2)15-21(14-18)25(29(3,27)28)17-22(26)24-11-9-23(10-12-24)16-20-7-5-4-6-8-20/h4-8,13-15H,9-12,16-17H2,1-3H3. The van der Waals surface area contributed by atoms with Crippen LogP contribution in [0.3, 0.4) is 0 Å². The molecule has 0 aromatic heterocycles. The van der Waals surface area contributed by atoms with Crippen LogP contribution in [-0.4, -0.2) is 63.1 Å². The molecule has 1 fully saturated rings. The zero-order valence-electron chi connectivity index (χ0n) is 17.3. The summed E-state index contributed by atoms with van der Waals surface area (Å²) in [5.41, 5.74) is 3.73. The highest BCUT2D eigenvalue weighted by Crippen LogP contribution is 2.21. The number of nitrogens with zero attached hydrogens (tertiary/aromatic N) is 3. The summed E-state index contributed by atoms with van der Waals surface area (Å²) in [5, 5.41) is 0. The molecule has 29 heavy (non-hydrogen) atoms. The number of benzene rings is 2. The van der Waals surface area contributed by atoms with Crippen molar-refractivity contribution in [3.63, 3.8) is 0 Å². The Bertz CT molecular complexity index is 932. The lowest BCUT2D eigenvalue weighted by Gasteiger charge is -2.36. The normalized spacial score (nSPS) is 15.3. The van der Waals surface area contributed by atoms with Gasteiger partial charge in [-0.1, -0.05) is 36.4 Å². The van der Waals surface area contributed by atoms with Crippen LogP contribution in [0.2, 0.25) is 0 Å². The van der Waals surface area contributed by atoms with E-state index in [1.54, 1.807) is 17.0 Å². The number of piperazine rings is 1. The molecular formula is C22H29N3O3S. The zero-order chi connectivity index (χ0) is 21.0. The number of hydrogen-bond acceptors (Lipinski definition) is 4. The molecule has 7 heteroatoms. The van der Waals surface area contributed by atoms with Gasteiger partial charge in [0.2, 0.25) is 15.9 Å². The van der Waals surface area contributed by atoms with Gasteiger partial charge in [0.15, 0.2) is 0 Å². The van der Waals surface area contributed by atoms with Crippen molar-refractivity contribution in [2.24, 2.45) is 0 Å².